The second kappa shape index (κ2) is 6.38. The Morgan fingerprint density at radius 1 is 1.67 bits per heavy atom. The van der Waals surface area contributed by atoms with Crippen molar-refractivity contribution in [1.82, 2.24) is 0 Å². The molecule has 1 N–H and O–H groups in total. The largest absolute Gasteiger partial charge is 0.486 e. The van der Waals surface area contributed by atoms with Gasteiger partial charge in [0.15, 0.2) is 0 Å². The summed E-state index contributed by atoms with van der Waals surface area (Å²) in [4.78, 5) is 10.4. The van der Waals surface area contributed by atoms with Gasteiger partial charge >= 0.3 is 5.69 Å². The van der Waals surface area contributed by atoms with Crippen LogP contribution in [0.5, 0.6) is 5.75 Å². The molecule has 0 aromatic heterocycles. The fourth-order valence-electron chi connectivity index (χ4n) is 1.42. The van der Waals surface area contributed by atoms with Gasteiger partial charge in [-0.25, -0.2) is 0 Å². The number of halogens is 1. The summed E-state index contributed by atoms with van der Waals surface area (Å²) in [6.07, 6.45) is 4.56. The van der Waals surface area contributed by atoms with Gasteiger partial charge in [0.25, 0.3) is 0 Å². The van der Waals surface area contributed by atoms with Crippen molar-refractivity contribution in [1.29, 1.82) is 0 Å². The maximum absolute atomic E-state index is 11.0. The van der Waals surface area contributed by atoms with Crippen LogP contribution in [0.1, 0.15) is 25.0 Å². The standard InChI is InChI=1S/C12H12BrNO4/c1-3-4-5-18-12-10(8(2)15)6-9(13)7-11(12)14(16)17/h1,6-8,15H,4-5H2,2H3/t8-/m0/s1. The number of hydrogen-bond donors (Lipinski definition) is 1. The van der Waals surface area contributed by atoms with Crippen molar-refractivity contribution >= 4 is 21.6 Å². The number of aliphatic hydroxyl groups is 1. The van der Waals surface area contributed by atoms with Crippen LogP contribution in [0.3, 0.4) is 0 Å². The maximum atomic E-state index is 11.0. The van der Waals surface area contributed by atoms with E-state index in [9.17, 15) is 15.2 Å². The number of rotatable bonds is 5. The minimum Gasteiger partial charge on any atom is -0.486 e. The molecule has 1 rings (SSSR count). The van der Waals surface area contributed by atoms with E-state index in [4.69, 9.17) is 11.2 Å². The molecule has 1 aromatic rings. The Bertz CT molecular complexity index is 494. The van der Waals surface area contributed by atoms with E-state index in [1.807, 2.05) is 0 Å². The second-order valence-electron chi connectivity index (χ2n) is 3.58. The minimum atomic E-state index is -0.873. The Labute approximate surface area is 113 Å². The molecular weight excluding hydrogens is 302 g/mol. The van der Waals surface area contributed by atoms with Crippen LogP contribution in [0, 0.1) is 22.5 Å². The van der Waals surface area contributed by atoms with Crippen molar-refractivity contribution in [2.24, 2.45) is 0 Å². The summed E-state index contributed by atoms with van der Waals surface area (Å²) >= 11 is 3.16. The average molecular weight is 314 g/mol. The fourth-order valence-corrected chi connectivity index (χ4v) is 1.88. The molecule has 1 aromatic carbocycles. The zero-order valence-electron chi connectivity index (χ0n) is 9.72. The van der Waals surface area contributed by atoms with Gasteiger partial charge in [0.05, 0.1) is 17.6 Å². The molecule has 0 aliphatic carbocycles. The normalized spacial score (nSPS) is 11.7. The number of nitro groups is 1. The van der Waals surface area contributed by atoms with Crippen LogP contribution < -0.4 is 4.74 Å². The molecule has 6 heteroatoms. The summed E-state index contributed by atoms with van der Waals surface area (Å²) < 4.78 is 5.83. The van der Waals surface area contributed by atoms with Crippen molar-refractivity contribution < 1.29 is 14.8 Å². The number of aliphatic hydroxyl groups excluding tert-OH is 1. The third kappa shape index (κ3) is 3.45. The number of terminal acetylenes is 1. The summed E-state index contributed by atoms with van der Waals surface area (Å²) in [7, 11) is 0. The van der Waals surface area contributed by atoms with Gasteiger partial charge in [-0.05, 0) is 13.0 Å². The van der Waals surface area contributed by atoms with Crippen LogP contribution in [0.4, 0.5) is 5.69 Å². The zero-order valence-corrected chi connectivity index (χ0v) is 11.3. The van der Waals surface area contributed by atoms with Gasteiger partial charge < -0.3 is 9.84 Å². The first-order valence-corrected chi connectivity index (χ1v) is 5.98. The molecule has 0 aliphatic heterocycles. The Hall–Kier alpha value is -1.58. The molecule has 1 atom stereocenters. The van der Waals surface area contributed by atoms with Crippen LogP contribution in [0.25, 0.3) is 0 Å². The Morgan fingerprint density at radius 3 is 2.83 bits per heavy atom. The first-order valence-electron chi connectivity index (χ1n) is 5.19. The summed E-state index contributed by atoms with van der Waals surface area (Å²) in [6, 6.07) is 2.92. The number of hydrogen-bond acceptors (Lipinski definition) is 4. The first kappa shape index (κ1) is 14.5. The molecule has 0 aliphatic rings. The van der Waals surface area contributed by atoms with Gasteiger partial charge in [-0.15, -0.1) is 12.3 Å². The highest BCUT2D eigenvalue weighted by Gasteiger charge is 2.23. The van der Waals surface area contributed by atoms with E-state index in [0.29, 0.717) is 16.5 Å². The van der Waals surface area contributed by atoms with Crippen LogP contribution in [-0.4, -0.2) is 16.6 Å². The molecule has 0 saturated heterocycles. The maximum Gasteiger partial charge on any atom is 0.312 e. The van der Waals surface area contributed by atoms with E-state index in [2.05, 4.69) is 21.9 Å². The zero-order chi connectivity index (χ0) is 13.7. The number of benzene rings is 1. The van der Waals surface area contributed by atoms with E-state index in [0.717, 1.165) is 0 Å². The Balaban J connectivity index is 3.23. The van der Waals surface area contributed by atoms with E-state index in [-0.39, 0.29) is 18.0 Å². The molecule has 0 bridgehead atoms. The van der Waals surface area contributed by atoms with Gasteiger partial charge in [-0.3, -0.25) is 10.1 Å². The molecule has 0 spiro atoms. The minimum absolute atomic E-state index is 0.0634. The predicted molar refractivity (Wildman–Crippen MR) is 70.4 cm³/mol. The molecule has 0 radical (unpaired) electrons. The van der Waals surface area contributed by atoms with Gasteiger partial charge in [-0.2, -0.15) is 0 Å². The molecule has 0 amide bonds. The lowest BCUT2D eigenvalue weighted by atomic mass is 10.1. The van der Waals surface area contributed by atoms with Crippen molar-refractivity contribution in [3.05, 3.63) is 32.3 Å². The second-order valence-corrected chi connectivity index (χ2v) is 4.49. The lowest BCUT2D eigenvalue weighted by Gasteiger charge is -2.13. The van der Waals surface area contributed by atoms with Crippen molar-refractivity contribution in [2.45, 2.75) is 19.4 Å². The monoisotopic (exact) mass is 313 g/mol. The van der Waals surface area contributed by atoms with Crippen LogP contribution in [0.15, 0.2) is 16.6 Å². The lowest BCUT2D eigenvalue weighted by molar-refractivity contribution is -0.386. The van der Waals surface area contributed by atoms with Gasteiger partial charge in [0, 0.05) is 22.5 Å². The fraction of sp³-hybridized carbons (Fsp3) is 0.333. The highest BCUT2D eigenvalue weighted by atomic mass is 79.9. The summed E-state index contributed by atoms with van der Waals surface area (Å²) in [5.74, 6) is 2.44. The Morgan fingerprint density at radius 2 is 2.33 bits per heavy atom. The summed E-state index contributed by atoms with van der Waals surface area (Å²) in [5.41, 5.74) is 0.158. The van der Waals surface area contributed by atoms with Crippen LogP contribution in [-0.2, 0) is 0 Å². The topological polar surface area (TPSA) is 72.6 Å². The molecule has 0 unspecified atom stereocenters. The third-order valence-electron chi connectivity index (χ3n) is 2.20. The highest BCUT2D eigenvalue weighted by Crippen LogP contribution is 2.37. The molecule has 0 heterocycles. The van der Waals surface area contributed by atoms with Crippen molar-refractivity contribution in [3.8, 4) is 18.1 Å². The Kier molecular flexibility index (Phi) is 5.13. The van der Waals surface area contributed by atoms with E-state index in [1.165, 1.54) is 13.0 Å². The van der Waals surface area contributed by atoms with Gasteiger partial charge in [0.2, 0.25) is 5.75 Å². The van der Waals surface area contributed by atoms with Crippen molar-refractivity contribution in [3.63, 3.8) is 0 Å². The molecule has 18 heavy (non-hydrogen) atoms. The van der Waals surface area contributed by atoms with Gasteiger partial charge in [-0.1, -0.05) is 15.9 Å². The van der Waals surface area contributed by atoms with Crippen LogP contribution in [0.2, 0.25) is 0 Å². The lowest BCUT2D eigenvalue weighted by Crippen LogP contribution is -2.05. The number of ether oxygens (including phenoxy) is 1. The molecular formula is C12H12BrNO4. The molecule has 0 fully saturated rings. The van der Waals surface area contributed by atoms with E-state index in [1.54, 1.807) is 6.07 Å². The highest BCUT2D eigenvalue weighted by molar-refractivity contribution is 9.10. The van der Waals surface area contributed by atoms with E-state index >= 15 is 0 Å². The number of nitrogens with zero attached hydrogens (tertiary/aromatic N) is 1. The smallest absolute Gasteiger partial charge is 0.312 e. The molecule has 0 saturated carbocycles. The summed E-state index contributed by atoms with van der Waals surface area (Å²) in [5, 5.41) is 20.6. The number of nitro benzene ring substituents is 1. The summed E-state index contributed by atoms with van der Waals surface area (Å²) in [6.45, 7) is 1.68. The van der Waals surface area contributed by atoms with Gasteiger partial charge in [0.1, 0.15) is 0 Å². The van der Waals surface area contributed by atoms with Crippen molar-refractivity contribution in [2.75, 3.05) is 6.61 Å². The SMILES string of the molecule is C#CCCOc1c([C@H](C)O)cc(Br)cc1[N+](=O)[O-]. The molecule has 5 nitrogen and oxygen atoms in total. The third-order valence-corrected chi connectivity index (χ3v) is 2.66. The van der Waals surface area contributed by atoms with E-state index < -0.39 is 11.0 Å². The predicted octanol–water partition coefficient (Wildman–Crippen LogP) is 2.81. The van der Waals surface area contributed by atoms with Crippen LogP contribution >= 0.6 is 15.9 Å². The first-order chi connectivity index (χ1) is 8.47. The quantitative estimate of drug-likeness (QED) is 0.392. The molecule has 96 valence electrons. The average Bonchev–Trinajstić information content (AvgIpc) is 2.30.